The lowest BCUT2D eigenvalue weighted by Crippen LogP contribution is -2.29. The van der Waals surface area contributed by atoms with Crippen LogP contribution < -0.4 is 14.7 Å². The number of benzene rings is 2. The summed E-state index contributed by atoms with van der Waals surface area (Å²) in [5.41, 5.74) is 2.15. The van der Waals surface area contributed by atoms with E-state index in [1.807, 2.05) is 30.3 Å². The van der Waals surface area contributed by atoms with Gasteiger partial charge in [-0.3, -0.25) is 0 Å². The van der Waals surface area contributed by atoms with Gasteiger partial charge in [0.05, 0.1) is 13.2 Å². The SMILES string of the molecule is CC[N+](CC)=c1ccc2ccc(-c3ccc(OC)cc3)oc-2c1.F[B-](F)(F)F. The first-order chi connectivity index (χ1) is 13.2. The quantitative estimate of drug-likeness (QED) is 0.346. The monoisotopic (exact) mass is 395 g/mol. The fourth-order valence-electron chi connectivity index (χ4n) is 2.76. The topological polar surface area (TPSA) is 25.4 Å². The molecule has 0 saturated carbocycles. The number of fused-ring (bicyclic) bond motifs is 1. The molecule has 150 valence electrons. The molecule has 1 aliphatic heterocycles. The van der Waals surface area contributed by atoms with Gasteiger partial charge in [-0.05, 0) is 56.3 Å². The van der Waals surface area contributed by atoms with Gasteiger partial charge in [-0.2, -0.15) is 0 Å². The van der Waals surface area contributed by atoms with Crippen LogP contribution in [0.15, 0.2) is 59.0 Å². The first-order valence-electron chi connectivity index (χ1n) is 8.88. The van der Waals surface area contributed by atoms with Crippen LogP contribution in [0.1, 0.15) is 13.8 Å². The Bertz CT molecular complexity index is 924. The second kappa shape index (κ2) is 9.44. The maximum absolute atomic E-state index is 9.75. The molecule has 1 aliphatic carbocycles. The highest BCUT2D eigenvalue weighted by atomic mass is 19.5. The average molecular weight is 395 g/mol. The summed E-state index contributed by atoms with van der Waals surface area (Å²) < 4.78 is 52.7. The number of halogens is 4. The van der Waals surface area contributed by atoms with E-state index >= 15 is 0 Å². The van der Waals surface area contributed by atoms with Gasteiger partial charge in [0.15, 0.2) is 0 Å². The molecule has 0 N–H and O–H groups in total. The Hall–Kier alpha value is -2.77. The summed E-state index contributed by atoms with van der Waals surface area (Å²) in [5, 5.41) is 1.19. The Balaban J connectivity index is 0.000000500. The Morgan fingerprint density at radius 3 is 1.86 bits per heavy atom. The lowest BCUT2D eigenvalue weighted by Gasteiger charge is -2.08. The van der Waals surface area contributed by atoms with Gasteiger partial charge in [0, 0.05) is 17.2 Å². The molecule has 0 unspecified atom stereocenters. The number of nitrogens with zero attached hydrogens (tertiary/aromatic N) is 1. The van der Waals surface area contributed by atoms with Crippen molar-refractivity contribution >= 4 is 7.25 Å². The zero-order valence-electron chi connectivity index (χ0n) is 16.0. The van der Waals surface area contributed by atoms with E-state index in [2.05, 4.69) is 42.7 Å². The van der Waals surface area contributed by atoms with Crippen LogP contribution in [0.2, 0.25) is 0 Å². The van der Waals surface area contributed by atoms with E-state index in [1.165, 1.54) is 5.36 Å². The van der Waals surface area contributed by atoms with E-state index in [1.54, 1.807) is 7.11 Å². The molecule has 28 heavy (non-hydrogen) atoms. The van der Waals surface area contributed by atoms with Crippen molar-refractivity contribution < 1.29 is 26.4 Å². The second-order valence-corrected chi connectivity index (χ2v) is 5.92. The summed E-state index contributed by atoms with van der Waals surface area (Å²) in [5.74, 6) is 2.61. The molecule has 0 aromatic heterocycles. The summed E-state index contributed by atoms with van der Waals surface area (Å²) in [6.07, 6.45) is 0. The van der Waals surface area contributed by atoms with E-state index in [-0.39, 0.29) is 0 Å². The predicted molar refractivity (Wildman–Crippen MR) is 104 cm³/mol. The third-order valence-electron chi connectivity index (χ3n) is 4.13. The van der Waals surface area contributed by atoms with Crippen molar-refractivity contribution in [1.82, 2.24) is 4.58 Å². The van der Waals surface area contributed by atoms with Gasteiger partial charge in [0.25, 0.3) is 0 Å². The van der Waals surface area contributed by atoms with Gasteiger partial charge < -0.3 is 26.4 Å². The third kappa shape index (κ3) is 6.15. The number of hydrogen-bond acceptors (Lipinski definition) is 2. The highest BCUT2D eigenvalue weighted by molar-refractivity contribution is 6.50. The zero-order chi connectivity index (χ0) is 20.7. The van der Waals surface area contributed by atoms with E-state index in [0.717, 1.165) is 41.5 Å². The summed E-state index contributed by atoms with van der Waals surface area (Å²) in [6.45, 7) is 6.30. The fourth-order valence-corrected chi connectivity index (χ4v) is 2.76. The molecule has 2 aliphatic rings. The summed E-state index contributed by atoms with van der Waals surface area (Å²) in [4.78, 5) is 0. The van der Waals surface area contributed by atoms with Gasteiger partial charge in [-0.1, -0.05) is 0 Å². The van der Waals surface area contributed by atoms with Crippen LogP contribution in [0, 0.1) is 0 Å². The highest BCUT2D eigenvalue weighted by Crippen LogP contribution is 2.28. The normalized spacial score (nSPS) is 11.0. The van der Waals surface area contributed by atoms with Crippen molar-refractivity contribution in [2.24, 2.45) is 0 Å². The average Bonchev–Trinajstić information content (AvgIpc) is 2.67. The molecule has 1 aromatic rings. The van der Waals surface area contributed by atoms with Crippen molar-refractivity contribution in [3.8, 4) is 28.4 Å². The van der Waals surface area contributed by atoms with Gasteiger partial charge in [0.1, 0.15) is 30.4 Å². The summed E-state index contributed by atoms with van der Waals surface area (Å²) in [7, 11) is -4.33. The van der Waals surface area contributed by atoms with Crippen molar-refractivity contribution in [3.63, 3.8) is 0 Å². The first kappa shape index (κ1) is 21.5. The van der Waals surface area contributed by atoms with Crippen molar-refractivity contribution in [3.05, 3.63) is 60.0 Å². The Morgan fingerprint density at radius 1 is 0.821 bits per heavy atom. The van der Waals surface area contributed by atoms with Crippen LogP contribution in [-0.2, 0) is 0 Å². The Kier molecular flexibility index (Phi) is 7.26. The molecule has 0 bridgehead atoms. The Morgan fingerprint density at radius 2 is 1.32 bits per heavy atom. The lowest BCUT2D eigenvalue weighted by molar-refractivity contribution is 0.368. The molecule has 8 heteroatoms. The van der Waals surface area contributed by atoms with Crippen molar-refractivity contribution in [1.29, 1.82) is 0 Å². The molecule has 0 amide bonds. The fraction of sp³-hybridized carbons (Fsp3) is 0.250. The molecular weight excluding hydrogens is 373 g/mol. The number of rotatable bonds is 4. The minimum Gasteiger partial charge on any atom is -0.497 e. The van der Waals surface area contributed by atoms with Gasteiger partial charge in [-0.25, -0.2) is 4.58 Å². The highest BCUT2D eigenvalue weighted by Gasteiger charge is 2.20. The van der Waals surface area contributed by atoms with Crippen LogP contribution in [0.3, 0.4) is 0 Å². The molecule has 0 saturated heterocycles. The third-order valence-corrected chi connectivity index (χ3v) is 4.13. The second-order valence-electron chi connectivity index (χ2n) is 5.92. The van der Waals surface area contributed by atoms with Crippen LogP contribution in [0.4, 0.5) is 17.3 Å². The molecule has 3 nitrogen and oxygen atoms in total. The smallest absolute Gasteiger partial charge is 0.497 e. The molecule has 0 spiro atoms. The molecule has 3 rings (SSSR count). The standard InChI is InChI=1S/C20H22NO2.BF4/c1-4-21(5-2)17-10-6-16-9-13-19(23-20(16)14-17)15-7-11-18(22-3)12-8-15;2-1(3,4)5/h6-14H,4-5H2,1-3H3;/q+1;-1. The van der Waals surface area contributed by atoms with Gasteiger partial charge in [0.2, 0.25) is 5.36 Å². The summed E-state index contributed by atoms with van der Waals surface area (Å²) >= 11 is 0. The molecule has 1 heterocycles. The van der Waals surface area contributed by atoms with E-state index < -0.39 is 7.25 Å². The van der Waals surface area contributed by atoms with Gasteiger partial charge in [-0.15, -0.1) is 0 Å². The van der Waals surface area contributed by atoms with Gasteiger partial charge >= 0.3 is 7.25 Å². The number of hydrogen-bond donors (Lipinski definition) is 0. The van der Waals surface area contributed by atoms with Crippen molar-refractivity contribution in [2.75, 3.05) is 20.2 Å². The van der Waals surface area contributed by atoms with Crippen molar-refractivity contribution in [2.45, 2.75) is 13.8 Å². The molecular formula is C20H22BF4NO2. The maximum Gasteiger partial charge on any atom is 0.673 e. The predicted octanol–water partition coefficient (Wildman–Crippen LogP) is 5.17. The maximum atomic E-state index is 9.75. The Labute approximate surface area is 161 Å². The van der Waals surface area contributed by atoms with E-state index in [0.29, 0.717) is 0 Å². The number of methoxy groups -OCH3 is 1. The minimum atomic E-state index is -6.00. The van der Waals surface area contributed by atoms with Crippen LogP contribution >= 0.6 is 0 Å². The largest absolute Gasteiger partial charge is 0.673 e. The molecule has 0 fully saturated rings. The van der Waals surface area contributed by atoms with E-state index in [4.69, 9.17) is 9.15 Å². The van der Waals surface area contributed by atoms with Crippen LogP contribution in [-0.4, -0.2) is 27.5 Å². The first-order valence-corrected chi connectivity index (χ1v) is 8.88. The molecule has 1 aromatic carbocycles. The zero-order valence-corrected chi connectivity index (χ0v) is 16.0. The minimum absolute atomic E-state index is 0.846. The van der Waals surface area contributed by atoms with Crippen LogP contribution in [0.5, 0.6) is 5.75 Å². The molecule has 0 atom stereocenters. The molecule has 0 radical (unpaired) electrons. The van der Waals surface area contributed by atoms with E-state index in [9.17, 15) is 17.3 Å². The summed E-state index contributed by atoms with van der Waals surface area (Å²) in [6, 6.07) is 18.4. The lowest BCUT2D eigenvalue weighted by atomic mass is 10.1. The number of ether oxygens (including phenoxy) is 1. The van der Waals surface area contributed by atoms with Crippen LogP contribution in [0.25, 0.3) is 22.6 Å².